The van der Waals surface area contributed by atoms with Gasteiger partial charge in [-0.1, -0.05) is 0 Å². The summed E-state index contributed by atoms with van der Waals surface area (Å²) in [7, 11) is 0. The van der Waals surface area contributed by atoms with Crippen molar-refractivity contribution < 1.29 is 49.0 Å². The van der Waals surface area contributed by atoms with Gasteiger partial charge in [-0.3, -0.25) is 14.4 Å². The van der Waals surface area contributed by atoms with Crippen molar-refractivity contribution in [2.45, 2.75) is 0 Å². The molecule has 10 heteroatoms. The zero-order valence-corrected chi connectivity index (χ0v) is 9.07. The highest BCUT2D eigenvalue weighted by molar-refractivity contribution is 6.18. The van der Waals surface area contributed by atoms with Gasteiger partial charge in [-0.05, 0) is 0 Å². The molecule has 0 aliphatic heterocycles. The van der Waals surface area contributed by atoms with Gasteiger partial charge in [0.2, 0.25) is 0 Å². The van der Waals surface area contributed by atoms with Crippen LogP contribution in [0.25, 0.3) is 0 Å². The molecule has 0 unspecified atom stereocenters. The lowest BCUT2D eigenvalue weighted by Gasteiger charge is -2.23. The molecule has 0 radical (unpaired) electrons. The van der Waals surface area contributed by atoms with Gasteiger partial charge in [0.25, 0.3) is 5.41 Å². The van der Waals surface area contributed by atoms with Crippen LogP contribution >= 0.6 is 0 Å². The lowest BCUT2D eigenvalue weighted by atomic mass is 9.89. The Bertz CT molecular complexity index is 265. The molecule has 0 saturated heterocycles. The first-order chi connectivity index (χ1) is 8.50. The molecule has 0 fully saturated rings. The number of carbonyl (C=O) groups is 3. The molecule has 0 spiro atoms. The smallest absolute Gasteiger partial charge is 0.339 e. The van der Waals surface area contributed by atoms with Crippen molar-refractivity contribution in [2.75, 3.05) is 27.0 Å². The maximum Gasteiger partial charge on any atom is 0.339 e. The van der Waals surface area contributed by atoms with Crippen molar-refractivity contribution in [3.8, 4) is 0 Å². The zero-order chi connectivity index (χ0) is 14.2. The Hall–Kier alpha value is -1.75. The van der Waals surface area contributed by atoms with Crippen molar-refractivity contribution in [2.24, 2.45) is 5.41 Å². The van der Waals surface area contributed by atoms with E-state index in [0.717, 1.165) is 0 Å². The van der Waals surface area contributed by atoms with Crippen molar-refractivity contribution in [3.63, 3.8) is 0 Å². The summed E-state index contributed by atoms with van der Waals surface area (Å²) < 4.78 is 12.1. The number of ether oxygens (including phenoxy) is 3. The number of rotatable bonds is 7. The van der Waals surface area contributed by atoms with E-state index in [2.05, 4.69) is 14.2 Å². The Labute approximate surface area is 100 Å². The highest BCUT2D eigenvalue weighted by Gasteiger charge is 2.57. The fourth-order valence-electron chi connectivity index (χ4n) is 0.989. The number of esters is 3. The Morgan fingerprint density at radius 1 is 0.722 bits per heavy atom. The van der Waals surface area contributed by atoms with E-state index in [9.17, 15) is 14.4 Å². The summed E-state index contributed by atoms with van der Waals surface area (Å²) in [6.45, 7) is -4.90. The van der Waals surface area contributed by atoms with Crippen molar-refractivity contribution in [1.29, 1.82) is 0 Å². The van der Waals surface area contributed by atoms with E-state index in [1.54, 1.807) is 0 Å². The zero-order valence-electron chi connectivity index (χ0n) is 9.07. The van der Waals surface area contributed by atoms with Crippen LogP contribution < -0.4 is 0 Å². The van der Waals surface area contributed by atoms with Crippen molar-refractivity contribution >= 4 is 17.9 Å². The van der Waals surface area contributed by atoms with E-state index in [4.69, 9.17) is 20.4 Å². The van der Waals surface area contributed by atoms with Gasteiger partial charge in [-0.2, -0.15) is 0 Å². The summed E-state index contributed by atoms with van der Waals surface area (Å²) in [5, 5.41) is 34.2. The predicted molar refractivity (Wildman–Crippen MR) is 49.1 cm³/mol. The van der Waals surface area contributed by atoms with E-state index < -0.39 is 50.3 Å². The second-order valence-corrected chi connectivity index (χ2v) is 2.75. The quantitative estimate of drug-likeness (QED) is 0.157. The average Bonchev–Trinajstić information content (AvgIpc) is 2.31. The first-order valence-corrected chi connectivity index (χ1v) is 4.46. The summed E-state index contributed by atoms with van der Waals surface area (Å²) in [6.07, 6.45) is 0. The summed E-state index contributed by atoms with van der Waals surface area (Å²) in [5.41, 5.74) is -2.94. The minimum Gasteiger partial charge on any atom is -0.437 e. The molecule has 0 aromatic heterocycles. The highest BCUT2D eigenvalue weighted by atomic mass is 16.7. The van der Waals surface area contributed by atoms with E-state index in [1.165, 1.54) is 0 Å². The third-order valence-corrected chi connectivity index (χ3v) is 1.87. The van der Waals surface area contributed by atoms with E-state index in [-0.39, 0.29) is 0 Å². The van der Waals surface area contributed by atoms with Crippen LogP contribution in [0.5, 0.6) is 0 Å². The van der Waals surface area contributed by atoms with Crippen LogP contribution in [-0.2, 0) is 28.6 Å². The molecule has 0 saturated carbocycles. The molecule has 0 aliphatic rings. The van der Waals surface area contributed by atoms with Gasteiger partial charge in [0.05, 0.1) is 6.61 Å². The topological polar surface area (TPSA) is 160 Å². The number of aliphatic hydroxyl groups is 4. The molecule has 0 aromatic carbocycles. The Morgan fingerprint density at radius 2 is 1.00 bits per heavy atom. The molecule has 0 atom stereocenters. The largest absolute Gasteiger partial charge is 0.437 e. The highest BCUT2D eigenvalue weighted by Crippen LogP contribution is 2.23. The van der Waals surface area contributed by atoms with E-state index in [0.29, 0.717) is 0 Å². The molecule has 0 amide bonds. The lowest BCUT2D eigenvalue weighted by Crippen LogP contribution is -2.52. The average molecular weight is 268 g/mol. The Morgan fingerprint density at radius 3 is 1.17 bits per heavy atom. The van der Waals surface area contributed by atoms with Crippen LogP contribution in [0, 0.1) is 5.41 Å². The maximum absolute atomic E-state index is 11.4. The van der Waals surface area contributed by atoms with Crippen LogP contribution in [0.2, 0.25) is 0 Å². The van der Waals surface area contributed by atoms with E-state index in [1.807, 2.05) is 0 Å². The third kappa shape index (κ3) is 3.13. The van der Waals surface area contributed by atoms with Gasteiger partial charge in [-0.15, -0.1) is 0 Å². The van der Waals surface area contributed by atoms with Crippen LogP contribution in [0.4, 0.5) is 0 Å². The van der Waals surface area contributed by atoms with Crippen LogP contribution in [-0.4, -0.2) is 65.3 Å². The minimum absolute atomic E-state index is 1.17. The first kappa shape index (κ1) is 16.2. The number of hydrogen-bond acceptors (Lipinski definition) is 10. The summed E-state index contributed by atoms with van der Waals surface area (Å²) in [6, 6.07) is 0. The summed E-state index contributed by atoms with van der Waals surface area (Å²) in [4.78, 5) is 34.3. The second kappa shape index (κ2) is 7.55. The van der Waals surface area contributed by atoms with Crippen molar-refractivity contribution in [3.05, 3.63) is 0 Å². The van der Waals surface area contributed by atoms with Crippen LogP contribution in [0.15, 0.2) is 0 Å². The molecule has 18 heavy (non-hydrogen) atoms. The molecule has 4 N–H and O–H groups in total. The summed E-state index contributed by atoms with van der Waals surface area (Å²) >= 11 is 0. The molecule has 0 heterocycles. The second-order valence-electron chi connectivity index (χ2n) is 2.75. The van der Waals surface area contributed by atoms with Gasteiger partial charge in [0.15, 0.2) is 20.4 Å². The molecule has 104 valence electrons. The Kier molecular flexibility index (Phi) is 6.82. The standard InChI is InChI=1S/C8H12O10/c9-1-8(5(13)16-2-10,6(14)17-3-11)7(15)18-4-12/h9-12H,1-4H2. The normalized spacial score (nSPS) is 10.7. The fraction of sp³-hybridized carbons (Fsp3) is 0.625. The molecule has 10 nitrogen and oxygen atoms in total. The van der Waals surface area contributed by atoms with Gasteiger partial charge in [0.1, 0.15) is 0 Å². The SMILES string of the molecule is O=C(OCO)C(CO)(C(=O)OCO)C(=O)OCO. The summed E-state index contributed by atoms with van der Waals surface area (Å²) in [5.74, 6) is -4.95. The molecule has 0 aromatic rings. The van der Waals surface area contributed by atoms with Crippen LogP contribution in [0.3, 0.4) is 0 Å². The molecule has 0 rings (SSSR count). The van der Waals surface area contributed by atoms with Crippen molar-refractivity contribution in [1.82, 2.24) is 0 Å². The van der Waals surface area contributed by atoms with Gasteiger partial charge >= 0.3 is 17.9 Å². The fourth-order valence-corrected chi connectivity index (χ4v) is 0.989. The molecule has 0 bridgehead atoms. The van der Waals surface area contributed by atoms with E-state index >= 15 is 0 Å². The maximum atomic E-state index is 11.4. The first-order valence-electron chi connectivity index (χ1n) is 4.46. The third-order valence-electron chi connectivity index (χ3n) is 1.87. The van der Waals surface area contributed by atoms with Gasteiger partial charge < -0.3 is 34.6 Å². The lowest BCUT2D eigenvalue weighted by molar-refractivity contribution is -0.196. The van der Waals surface area contributed by atoms with Gasteiger partial charge in [0, 0.05) is 0 Å². The molecular weight excluding hydrogens is 256 g/mol. The van der Waals surface area contributed by atoms with Gasteiger partial charge in [-0.25, -0.2) is 0 Å². The predicted octanol–water partition coefficient (Wildman–Crippen LogP) is -3.56. The van der Waals surface area contributed by atoms with Crippen LogP contribution in [0.1, 0.15) is 0 Å². The minimum atomic E-state index is -2.94. The molecule has 0 aliphatic carbocycles. The molecular formula is C8H12O10. The number of aliphatic hydroxyl groups excluding tert-OH is 4. The monoisotopic (exact) mass is 268 g/mol. The Balaban J connectivity index is 5.38. The number of hydrogen-bond donors (Lipinski definition) is 4. The number of carbonyl (C=O) groups excluding carboxylic acids is 3.